The molecule has 1 aromatic carbocycles. The smallest absolute Gasteiger partial charge is 0.350 e. The van der Waals surface area contributed by atoms with E-state index in [1.807, 2.05) is 23.6 Å². The molecule has 5 rings (SSSR count). The second-order valence-corrected chi connectivity index (χ2v) is 9.50. The fourth-order valence-electron chi connectivity index (χ4n) is 4.43. The van der Waals surface area contributed by atoms with Crippen molar-refractivity contribution in [2.45, 2.75) is 40.3 Å². The van der Waals surface area contributed by atoms with Gasteiger partial charge in [-0.1, -0.05) is 11.3 Å². The van der Waals surface area contributed by atoms with Gasteiger partial charge >= 0.3 is 5.97 Å². The summed E-state index contributed by atoms with van der Waals surface area (Å²) in [6.45, 7) is 8.03. The minimum Gasteiger partial charge on any atom is -0.493 e. The zero-order valence-corrected chi connectivity index (χ0v) is 22.3. The Bertz CT molecular complexity index is 1470. The molecule has 11 nitrogen and oxygen atoms in total. The number of benzene rings is 1. The Morgan fingerprint density at radius 2 is 1.86 bits per heavy atom. The van der Waals surface area contributed by atoms with Gasteiger partial charge in [0.2, 0.25) is 5.95 Å². The lowest BCUT2D eigenvalue weighted by molar-refractivity contribution is 0.0531. The topological polar surface area (TPSA) is 117 Å². The Morgan fingerprint density at radius 1 is 1.11 bits per heavy atom. The number of aryl methyl sites for hydroxylation is 2. The zero-order valence-electron chi connectivity index (χ0n) is 21.5. The molecule has 194 valence electrons. The minimum atomic E-state index is -0.384. The van der Waals surface area contributed by atoms with Crippen LogP contribution in [0, 0.1) is 6.92 Å². The van der Waals surface area contributed by atoms with Crippen LogP contribution in [-0.2, 0) is 24.2 Å². The van der Waals surface area contributed by atoms with E-state index in [1.165, 1.54) is 16.9 Å². The highest BCUT2D eigenvalue weighted by Crippen LogP contribution is 2.36. The van der Waals surface area contributed by atoms with E-state index in [2.05, 4.69) is 20.2 Å². The summed E-state index contributed by atoms with van der Waals surface area (Å²) >= 11 is 1.22. The molecule has 1 aliphatic heterocycles. The molecule has 1 aliphatic rings. The number of nitrogens with one attached hydrogen (secondary N) is 1. The van der Waals surface area contributed by atoms with Crippen LogP contribution in [0.15, 0.2) is 18.5 Å². The van der Waals surface area contributed by atoms with E-state index in [0.29, 0.717) is 40.6 Å². The summed E-state index contributed by atoms with van der Waals surface area (Å²) in [5.74, 6) is 2.17. The van der Waals surface area contributed by atoms with Gasteiger partial charge in [0.15, 0.2) is 33.6 Å². The Labute approximate surface area is 218 Å². The van der Waals surface area contributed by atoms with Gasteiger partial charge in [0.1, 0.15) is 4.88 Å². The molecule has 0 atom stereocenters. The first-order chi connectivity index (χ1) is 17.9. The summed E-state index contributed by atoms with van der Waals surface area (Å²) in [6.07, 6.45) is 2.61. The molecule has 0 spiro atoms. The first-order valence-electron chi connectivity index (χ1n) is 12.1. The van der Waals surface area contributed by atoms with E-state index < -0.39 is 0 Å². The lowest BCUT2D eigenvalue weighted by Crippen LogP contribution is -2.31. The van der Waals surface area contributed by atoms with E-state index in [9.17, 15) is 4.79 Å². The monoisotopic (exact) mass is 523 g/mol. The number of carbonyl (C=O) groups excluding carboxylic acids is 1. The molecule has 4 heterocycles. The fraction of sp³-hybridized carbons (Fsp3) is 0.400. The minimum absolute atomic E-state index is 0.306. The summed E-state index contributed by atoms with van der Waals surface area (Å²) in [4.78, 5) is 33.6. The summed E-state index contributed by atoms with van der Waals surface area (Å²) in [6, 6.07) is 4.07. The van der Waals surface area contributed by atoms with Crippen LogP contribution >= 0.6 is 11.3 Å². The van der Waals surface area contributed by atoms with Crippen molar-refractivity contribution in [1.29, 1.82) is 0 Å². The van der Waals surface area contributed by atoms with E-state index in [4.69, 9.17) is 24.2 Å². The maximum atomic E-state index is 12.3. The number of nitrogens with zero attached hydrogens (tertiary/aromatic N) is 6. The molecule has 0 amide bonds. The number of esters is 1. The predicted molar refractivity (Wildman–Crippen MR) is 141 cm³/mol. The first kappa shape index (κ1) is 24.8. The molecule has 12 heteroatoms. The third-order valence-electron chi connectivity index (χ3n) is 6.28. The Balaban J connectivity index is 1.51. The number of anilines is 3. The van der Waals surface area contributed by atoms with Gasteiger partial charge in [-0.05, 0) is 50.5 Å². The van der Waals surface area contributed by atoms with Crippen LogP contribution in [0.2, 0.25) is 0 Å². The van der Waals surface area contributed by atoms with Crippen LogP contribution < -0.4 is 19.7 Å². The van der Waals surface area contributed by atoms with E-state index in [1.54, 1.807) is 34.4 Å². The molecule has 1 N–H and O–H groups in total. The molecule has 0 bridgehead atoms. The van der Waals surface area contributed by atoms with Gasteiger partial charge in [-0.25, -0.2) is 14.8 Å². The molecule has 0 aliphatic carbocycles. The molecular weight excluding hydrogens is 494 g/mol. The van der Waals surface area contributed by atoms with Gasteiger partial charge in [0.25, 0.3) is 0 Å². The van der Waals surface area contributed by atoms with E-state index >= 15 is 0 Å². The maximum Gasteiger partial charge on any atom is 0.350 e. The van der Waals surface area contributed by atoms with Crippen molar-refractivity contribution in [1.82, 2.24) is 24.5 Å². The van der Waals surface area contributed by atoms with Crippen molar-refractivity contribution in [3.8, 4) is 11.5 Å². The van der Waals surface area contributed by atoms with E-state index in [-0.39, 0.29) is 5.97 Å². The van der Waals surface area contributed by atoms with Crippen LogP contribution in [0.4, 0.5) is 16.9 Å². The van der Waals surface area contributed by atoms with Crippen molar-refractivity contribution < 1.29 is 19.0 Å². The summed E-state index contributed by atoms with van der Waals surface area (Å²) in [7, 11) is 3.29. The second-order valence-electron chi connectivity index (χ2n) is 8.50. The molecule has 0 radical (unpaired) electrons. The number of methoxy groups -OCH3 is 2. The number of rotatable bonds is 8. The second kappa shape index (κ2) is 10.2. The predicted octanol–water partition coefficient (Wildman–Crippen LogP) is 4.11. The Hall–Kier alpha value is -3.93. The SMILES string of the molecule is CCOC(=O)c1sc(Nc2nc(N3CCc4cc(OC)c(OC)cc4C3)c3ncn(CC)c3n2)nc1C. The largest absolute Gasteiger partial charge is 0.493 e. The molecule has 0 fully saturated rings. The number of thiazole rings is 1. The average Bonchev–Trinajstić information content (AvgIpc) is 3.49. The van der Waals surface area contributed by atoms with Gasteiger partial charge in [0.05, 0.1) is 32.8 Å². The number of aromatic nitrogens is 5. The third kappa shape index (κ3) is 4.64. The van der Waals surface area contributed by atoms with Crippen LogP contribution in [0.1, 0.15) is 40.3 Å². The normalized spacial score (nSPS) is 12.9. The number of fused-ring (bicyclic) bond motifs is 2. The third-order valence-corrected chi connectivity index (χ3v) is 7.33. The molecule has 3 aromatic heterocycles. The molecule has 0 saturated heterocycles. The van der Waals surface area contributed by atoms with Crippen molar-refractivity contribution in [3.05, 3.63) is 40.2 Å². The number of carbonyl (C=O) groups is 1. The summed E-state index contributed by atoms with van der Waals surface area (Å²) in [5, 5.41) is 3.72. The fourth-order valence-corrected chi connectivity index (χ4v) is 5.29. The number of ether oxygens (including phenoxy) is 3. The highest BCUT2D eigenvalue weighted by atomic mass is 32.1. The van der Waals surface area contributed by atoms with E-state index in [0.717, 1.165) is 47.8 Å². The molecule has 0 unspecified atom stereocenters. The highest BCUT2D eigenvalue weighted by Gasteiger charge is 2.25. The van der Waals surface area contributed by atoms with Crippen LogP contribution in [0.25, 0.3) is 11.2 Å². The lowest BCUT2D eigenvalue weighted by Gasteiger charge is -2.30. The summed E-state index contributed by atoms with van der Waals surface area (Å²) in [5.41, 5.74) is 4.44. The van der Waals surface area contributed by atoms with Crippen LogP contribution in [-0.4, -0.2) is 57.8 Å². The van der Waals surface area contributed by atoms with Gasteiger partial charge in [-0.3, -0.25) is 5.32 Å². The number of hydrogen-bond donors (Lipinski definition) is 1. The van der Waals surface area contributed by atoms with Crippen molar-refractivity contribution >= 4 is 45.4 Å². The van der Waals surface area contributed by atoms with Gasteiger partial charge < -0.3 is 23.7 Å². The molecule has 37 heavy (non-hydrogen) atoms. The van der Waals surface area contributed by atoms with Crippen molar-refractivity contribution in [2.75, 3.05) is 37.6 Å². The van der Waals surface area contributed by atoms with Gasteiger partial charge in [0, 0.05) is 19.6 Å². The molecule has 0 saturated carbocycles. The standard InChI is InChI=1S/C25H29N7O4S/c1-6-31-13-26-19-21(31)28-24(30-25-27-14(3)20(37-25)23(33)36-7-2)29-22(19)32-9-8-15-10-17(34-4)18(35-5)11-16(15)12-32/h10-11,13H,6-9,12H2,1-5H3,(H,27,28,29,30). The average molecular weight is 524 g/mol. The van der Waals surface area contributed by atoms with Crippen LogP contribution in [0.5, 0.6) is 11.5 Å². The quantitative estimate of drug-likeness (QED) is 0.338. The van der Waals surface area contributed by atoms with Crippen molar-refractivity contribution in [2.24, 2.45) is 0 Å². The Kier molecular flexibility index (Phi) is 6.83. The molecular formula is C25H29N7O4S. The Morgan fingerprint density at radius 3 is 2.57 bits per heavy atom. The molecule has 4 aromatic rings. The number of hydrogen-bond acceptors (Lipinski definition) is 11. The number of imidazole rings is 1. The maximum absolute atomic E-state index is 12.3. The van der Waals surface area contributed by atoms with Crippen LogP contribution in [0.3, 0.4) is 0 Å². The van der Waals surface area contributed by atoms with Gasteiger partial charge in [-0.15, -0.1) is 0 Å². The van der Waals surface area contributed by atoms with Gasteiger partial charge in [-0.2, -0.15) is 9.97 Å². The first-order valence-corrected chi connectivity index (χ1v) is 12.9. The lowest BCUT2D eigenvalue weighted by atomic mass is 9.98. The zero-order chi connectivity index (χ0) is 26.1. The van der Waals surface area contributed by atoms with Crippen molar-refractivity contribution in [3.63, 3.8) is 0 Å². The summed E-state index contributed by atoms with van der Waals surface area (Å²) < 4.78 is 18.1. The highest BCUT2D eigenvalue weighted by molar-refractivity contribution is 7.17.